The van der Waals surface area contributed by atoms with Crippen LogP contribution in [-0.4, -0.2) is 20.8 Å². The number of pyridine rings is 1. The molecule has 2 heterocycles. The summed E-state index contributed by atoms with van der Waals surface area (Å²) in [6.45, 7) is 0. The lowest BCUT2D eigenvalue weighted by Gasteiger charge is -1.99. The summed E-state index contributed by atoms with van der Waals surface area (Å²) >= 11 is 0. The highest BCUT2D eigenvalue weighted by molar-refractivity contribution is 5.51. The van der Waals surface area contributed by atoms with Gasteiger partial charge in [-0.15, -0.1) is 0 Å². The van der Waals surface area contributed by atoms with Crippen molar-refractivity contribution >= 4 is 11.9 Å². The highest BCUT2D eigenvalue weighted by Gasteiger charge is 2.10. The van der Waals surface area contributed by atoms with Crippen molar-refractivity contribution in [2.24, 2.45) is 0 Å². The molecule has 0 radical (unpaired) electrons. The van der Waals surface area contributed by atoms with E-state index in [9.17, 15) is 9.90 Å². The van der Waals surface area contributed by atoms with Crippen molar-refractivity contribution in [3.05, 3.63) is 36.3 Å². The normalized spacial score (nSPS) is 12.9. The highest BCUT2D eigenvalue weighted by Crippen LogP contribution is 2.14. The van der Waals surface area contributed by atoms with Crippen molar-refractivity contribution in [1.82, 2.24) is 9.38 Å². The van der Waals surface area contributed by atoms with Crippen LogP contribution in [0.5, 0.6) is 0 Å². The van der Waals surface area contributed by atoms with Gasteiger partial charge in [-0.3, -0.25) is 0 Å². The van der Waals surface area contributed by atoms with Gasteiger partial charge in [-0.2, -0.15) is 0 Å². The van der Waals surface area contributed by atoms with Gasteiger partial charge in [-0.1, -0.05) is 6.07 Å². The Kier molecular flexibility index (Phi) is 2.28. The molecule has 0 saturated carbocycles. The lowest BCUT2D eigenvalue weighted by molar-refractivity contribution is -0.109. The van der Waals surface area contributed by atoms with Gasteiger partial charge in [0.15, 0.2) is 0 Å². The van der Waals surface area contributed by atoms with Crippen LogP contribution in [0.1, 0.15) is 18.2 Å². The van der Waals surface area contributed by atoms with E-state index in [1.807, 2.05) is 28.8 Å². The smallest absolute Gasteiger partial charge is 0.137 e. The molecule has 1 unspecified atom stereocenters. The molecule has 1 N–H and O–H groups in total. The summed E-state index contributed by atoms with van der Waals surface area (Å²) in [4.78, 5) is 14.4. The van der Waals surface area contributed by atoms with Crippen LogP contribution >= 0.6 is 0 Å². The Hall–Kier alpha value is -1.68. The minimum absolute atomic E-state index is 0.0872. The zero-order valence-electron chi connectivity index (χ0n) is 7.50. The maximum Gasteiger partial charge on any atom is 0.137 e. The van der Waals surface area contributed by atoms with Crippen LogP contribution in [0, 0.1) is 0 Å². The first-order valence-electron chi connectivity index (χ1n) is 4.36. The summed E-state index contributed by atoms with van der Waals surface area (Å²) in [7, 11) is 0. The SMILES string of the molecule is O=CCC(O)c1cn2ccccc2n1. The molecular formula is C10H10N2O2. The van der Waals surface area contributed by atoms with Crippen molar-refractivity contribution in [1.29, 1.82) is 0 Å². The van der Waals surface area contributed by atoms with E-state index in [1.165, 1.54) is 0 Å². The number of aldehydes is 1. The van der Waals surface area contributed by atoms with Crippen LogP contribution in [0.3, 0.4) is 0 Å². The fraction of sp³-hybridized carbons (Fsp3) is 0.200. The monoisotopic (exact) mass is 190 g/mol. The van der Waals surface area contributed by atoms with Crippen LogP contribution in [-0.2, 0) is 4.79 Å². The maximum atomic E-state index is 10.2. The average Bonchev–Trinajstić information content (AvgIpc) is 2.61. The van der Waals surface area contributed by atoms with Crippen LogP contribution in [0.4, 0.5) is 0 Å². The zero-order valence-corrected chi connectivity index (χ0v) is 7.50. The van der Waals surface area contributed by atoms with Gasteiger partial charge in [-0.25, -0.2) is 4.98 Å². The van der Waals surface area contributed by atoms with Gasteiger partial charge < -0.3 is 14.3 Å². The highest BCUT2D eigenvalue weighted by atomic mass is 16.3. The second-order valence-corrected chi connectivity index (χ2v) is 3.05. The molecule has 0 spiro atoms. The molecule has 0 aliphatic heterocycles. The fourth-order valence-corrected chi connectivity index (χ4v) is 1.33. The Morgan fingerprint density at radius 1 is 1.57 bits per heavy atom. The lowest BCUT2D eigenvalue weighted by Crippen LogP contribution is -1.97. The first-order chi connectivity index (χ1) is 6.81. The average molecular weight is 190 g/mol. The predicted octanol–water partition coefficient (Wildman–Crippen LogP) is 0.957. The minimum atomic E-state index is -0.799. The standard InChI is InChI=1S/C10H10N2O2/c13-6-4-9(14)8-7-12-5-2-1-3-10(12)11-8/h1-3,5-7,9,14H,4H2. The number of hydrogen-bond acceptors (Lipinski definition) is 3. The molecule has 2 aromatic rings. The molecule has 4 nitrogen and oxygen atoms in total. The van der Waals surface area contributed by atoms with Gasteiger partial charge in [0.05, 0.1) is 5.69 Å². The second-order valence-electron chi connectivity index (χ2n) is 3.05. The Morgan fingerprint density at radius 3 is 3.14 bits per heavy atom. The van der Waals surface area contributed by atoms with E-state index in [2.05, 4.69) is 4.98 Å². The molecule has 0 fully saturated rings. The number of fused-ring (bicyclic) bond motifs is 1. The van der Waals surface area contributed by atoms with E-state index in [0.29, 0.717) is 12.0 Å². The Bertz CT molecular complexity index is 417. The summed E-state index contributed by atoms with van der Waals surface area (Å²) in [6, 6.07) is 5.60. The molecule has 0 aromatic carbocycles. The van der Waals surface area contributed by atoms with E-state index in [-0.39, 0.29) is 6.42 Å². The Morgan fingerprint density at radius 2 is 2.43 bits per heavy atom. The van der Waals surface area contributed by atoms with Crippen molar-refractivity contribution in [3.63, 3.8) is 0 Å². The molecule has 4 heteroatoms. The Balaban J connectivity index is 2.39. The molecule has 0 saturated heterocycles. The molecule has 14 heavy (non-hydrogen) atoms. The predicted molar refractivity (Wildman–Crippen MR) is 50.8 cm³/mol. The molecular weight excluding hydrogens is 180 g/mol. The van der Waals surface area contributed by atoms with Gasteiger partial charge in [0.2, 0.25) is 0 Å². The number of aromatic nitrogens is 2. The van der Waals surface area contributed by atoms with Gasteiger partial charge in [-0.05, 0) is 12.1 Å². The summed E-state index contributed by atoms with van der Waals surface area (Å²) in [5.41, 5.74) is 1.30. The summed E-state index contributed by atoms with van der Waals surface area (Å²) in [6.07, 6.45) is 3.55. The van der Waals surface area contributed by atoms with Crippen LogP contribution in [0.2, 0.25) is 0 Å². The number of imidazole rings is 1. The first kappa shape index (κ1) is 8.90. The quantitative estimate of drug-likeness (QED) is 0.733. The van der Waals surface area contributed by atoms with E-state index in [0.717, 1.165) is 5.65 Å². The maximum absolute atomic E-state index is 10.2. The summed E-state index contributed by atoms with van der Waals surface area (Å²) in [5.74, 6) is 0. The van der Waals surface area contributed by atoms with Crippen molar-refractivity contribution < 1.29 is 9.90 Å². The molecule has 2 rings (SSSR count). The largest absolute Gasteiger partial charge is 0.386 e. The number of aliphatic hydroxyl groups excluding tert-OH is 1. The van der Waals surface area contributed by atoms with Crippen molar-refractivity contribution in [2.75, 3.05) is 0 Å². The molecule has 0 bridgehead atoms. The third-order valence-electron chi connectivity index (χ3n) is 2.04. The minimum Gasteiger partial charge on any atom is -0.386 e. The fourth-order valence-electron chi connectivity index (χ4n) is 1.33. The second kappa shape index (κ2) is 3.59. The summed E-state index contributed by atoms with van der Waals surface area (Å²) in [5, 5.41) is 9.51. The molecule has 0 aliphatic rings. The van der Waals surface area contributed by atoms with Crippen LogP contribution in [0.25, 0.3) is 5.65 Å². The van der Waals surface area contributed by atoms with E-state index < -0.39 is 6.10 Å². The van der Waals surface area contributed by atoms with E-state index in [1.54, 1.807) is 6.20 Å². The van der Waals surface area contributed by atoms with Gasteiger partial charge in [0, 0.05) is 18.8 Å². The molecule has 1 atom stereocenters. The number of rotatable bonds is 3. The van der Waals surface area contributed by atoms with E-state index >= 15 is 0 Å². The first-order valence-corrected chi connectivity index (χ1v) is 4.36. The molecule has 2 aromatic heterocycles. The third-order valence-corrected chi connectivity index (χ3v) is 2.04. The number of carbonyl (C=O) groups is 1. The molecule has 0 aliphatic carbocycles. The number of nitrogens with zero attached hydrogens (tertiary/aromatic N) is 2. The van der Waals surface area contributed by atoms with Gasteiger partial charge in [0.25, 0.3) is 0 Å². The van der Waals surface area contributed by atoms with E-state index in [4.69, 9.17) is 0 Å². The number of aliphatic hydroxyl groups is 1. The van der Waals surface area contributed by atoms with Crippen LogP contribution < -0.4 is 0 Å². The number of carbonyl (C=O) groups excluding carboxylic acids is 1. The van der Waals surface area contributed by atoms with Gasteiger partial charge >= 0.3 is 0 Å². The van der Waals surface area contributed by atoms with Crippen LogP contribution in [0.15, 0.2) is 30.6 Å². The van der Waals surface area contributed by atoms with Gasteiger partial charge in [0.1, 0.15) is 18.0 Å². The van der Waals surface area contributed by atoms with Crippen molar-refractivity contribution in [2.45, 2.75) is 12.5 Å². The van der Waals surface area contributed by atoms with Crippen molar-refractivity contribution in [3.8, 4) is 0 Å². The molecule has 0 amide bonds. The zero-order chi connectivity index (χ0) is 9.97. The lowest BCUT2D eigenvalue weighted by atomic mass is 10.2. The summed E-state index contributed by atoms with van der Waals surface area (Å²) < 4.78 is 1.81. The third kappa shape index (κ3) is 1.52. The topological polar surface area (TPSA) is 54.6 Å². The Labute approximate surface area is 80.8 Å². The molecule has 72 valence electrons. The number of hydrogen-bond donors (Lipinski definition) is 1.